The molecule has 0 aliphatic carbocycles. The third-order valence-electron chi connectivity index (χ3n) is 4.86. The summed E-state index contributed by atoms with van der Waals surface area (Å²) in [5.74, 6) is 0.803. The first-order valence-electron chi connectivity index (χ1n) is 8.87. The first-order chi connectivity index (χ1) is 12.4. The van der Waals surface area contributed by atoms with E-state index in [4.69, 9.17) is 4.74 Å². The Morgan fingerprint density at radius 3 is 2.58 bits per heavy atom. The van der Waals surface area contributed by atoms with Crippen molar-refractivity contribution in [2.75, 3.05) is 18.1 Å². The van der Waals surface area contributed by atoms with Gasteiger partial charge in [-0.05, 0) is 68.2 Å². The van der Waals surface area contributed by atoms with Gasteiger partial charge in [-0.3, -0.25) is 4.79 Å². The van der Waals surface area contributed by atoms with E-state index in [1.807, 2.05) is 31.2 Å². The van der Waals surface area contributed by atoms with Crippen LogP contribution in [0.2, 0.25) is 0 Å². The van der Waals surface area contributed by atoms with Crippen molar-refractivity contribution in [1.82, 2.24) is 0 Å². The molecule has 0 bridgehead atoms. The number of hydrogen-bond donors (Lipinski definition) is 0. The van der Waals surface area contributed by atoms with Gasteiger partial charge in [-0.15, -0.1) is 0 Å². The molecule has 0 saturated carbocycles. The van der Waals surface area contributed by atoms with E-state index in [9.17, 15) is 4.79 Å². The van der Waals surface area contributed by atoms with Crippen molar-refractivity contribution in [3.05, 3.63) is 76.5 Å². The normalized spacial score (nSPS) is 13.8. The number of rotatable bonds is 4. The molecule has 26 heavy (non-hydrogen) atoms. The molecule has 3 nitrogen and oxygen atoms in total. The smallest absolute Gasteiger partial charge is 0.159 e. The molecule has 1 heterocycles. The van der Waals surface area contributed by atoms with Crippen LogP contribution in [0.15, 0.2) is 54.2 Å². The summed E-state index contributed by atoms with van der Waals surface area (Å²) in [6, 6.07) is 12.1. The summed E-state index contributed by atoms with van der Waals surface area (Å²) in [7, 11) is 0. The van der Waals surface area contributed by atoms with Crippen molar-refractivity contribution in [3.8, 4) is 5.75 Å². The van der Waals surface area contributed by atoms with E-state index in [2.05, 4.69) is 43.5 Å². The van der Waals surface area contributed by atoms with Gasteiger partial charge >= 0.3 is 0 Å². The second-order valence-corrected chi connectivity index (χ2v) is 6.83. The summed E-state index contributed by atoms with van der Waals surface area (Å²) >= 11 is 0. The van der Waals surface area contributed by atoms with E-state index < -0.39 is 0 Å². The number of nitrogens with zero attached hydrogens (tertiary/aromatic N) is 1. The number of carbonyl (C=O) groups is 1. The molecule has 3 heteroatoms. The van der Waals surface area contributed by atoms with Gasteiger partial charge in [0.25, 0.3) is 0 Å². The Morgan fingerprint density at radius 2 is 1.88 bits per heavy atom. The third kappa shape index (κ3) is 3.43. The average Bonchev–Trinajstić information content (AvgIpc) is 2.62. The molecular weight excluding hydrogens is 322 g/mol. The lowest BCUT2D eigenvalue weighted by atomic mass is 10.0. The largest absolute Gasteiger partial charge is 0.490 e. The van der Waals surface area contributed by atoms with Crippen LogP contribution in [0.25, 0.3) is 6.08 Å². The highest BCUT2D eigenvalue weighted by atomic mass is 16.5. The van der Waals surface area contributed by atoms with E-state index in [0.717, 1.165) is 34.8 Å². The van der Waals surface area contributed by atoms with Gasteiger partial charge in [-0.2, -0.15) is 0 Å². The van der Waals surface area contributed by atoms with Gasteiger partial charge in [0.1, 0.15) is 12.4 Å². The fourth-order valence-electron chi connectivity index (χ4n) is 3.31. The maximum absolute atomic E-state index is 11.7. The molecule has 1 aliphatic heterocycles. The minimum Gasteiger partial charge on any atom is -0.490 e. The van der Waals surface area contributed by atoms with Crippen LogP contribution >= 0.6 is 0 Å². The molecule has 0 saturated heterocycles. The molecule has 0 amide bonds. The topological polar surface area (TPSA) is 29.5 Å². The van der Waals surface area contributed by atoms with Gasteiger partial charge < -0.3 is 9.64 Å². The zero-order valence-corrected chi connectivity index (χ0v) is 15.9. The van der Waals surface area contributed by atoms with Crippen LogP contribution in [0, 0.1) is 13.8 Å². The molecule has 0 fully saturated rings. The van der Waals surface area contributed by atoms with Gasteiger partial charge in [0.05, 0.1) is 12.2 Å². The molecule has 0 unspecified atom stereocenters. The number of Topliss-reactive ketones (excluding diaryl/α,β-unsaturated/α-hetero) is 1. The van der Waals surface area contributed by atoms with Crippen LogP contribution in [0.4, 0.5) is 5.69 Å². The lowest BCUT2D eigenvalue weighted by Gasteiger charge is -2.34. The average molecular weight is 347 g/mol. The van der Waals surface area contributed by atoms with Crippen molar-refractivity contribution >= 4 is 17.5 Å². The Kier molecular flexibility index (Phi) is 4.99. The maximum atomic E-state index is 11.7. The Labute approximate surface area is 155 Å². The van der Waals surface area contributed by atoms with Crippen molar-refractivity contribution in [3.63, 3.8) is 0 Å². The standard InChI is InChI=1S/C23H25NO2/c1-15-8-6-7-9-20(15)12-16(2)18(4)24-10-11-26-22-14-21(19(5)25)13-17(3)23(22)24/h6-9,12-14H,4,10-11H2,1-3,5H3/b16-12+. The van der Waals surface area contributed by atoms with Gasteiger partial charge in [0, 0.05) is 11.3 Å². The summed E-state index contributed by atoms with van der Waals surface area (Å²) < 4.78 is 5.84. The van der Waals surface area contributed by atoms with E-state index in [1.54, 1.807) is 6.92 Å². The molecule has 0 radical (unpaired) electrons. The minimum atomic E-state index is 0.0473. The fraction of sp³-hybridized carbons (Fsp3) is 0.261. The lowest BCUT2D eigenvalue weighted by molar-refractivity contribution is 0.101. The van der Waals surface area contributed by atoms with Crippen LogP contribution in [0.1, 0.15) is 40.9 Å². The number of allylic oxidation sites excluding steroid dienone is 1. The summed E-state index contributed by atoms with van der Waals surface area (Å²) in [5, 5.41) is 0. The molecule has 2 aromatic carbocycles. The summed E-state index contributed by atoms with van der Waals surface area (Å²) in [6.45, 7) is 13.4. The number of ether oxygens (including phenoxy) is 1. The number of anilines is 1. The SMILES string of the molecule is C=C(/C(C)=C/c1ccccc1C)N1CCOc2cc(C(C)=O)cc(C)c21. The second-order valence-electron chi connectivity index (χ2n) is 6.83. The summed E-state index contributed by atoms with van der Waals surface area (Å²) in [4.78, 5) is 13.9. The summed E-state index contributed by atoms with van der Waals surface area (Å²) in [5.41, 5.74) is 7.22. The van der Waals surface area contributed by atoms with Crippen molar-refractivity contribution < 1.29 is 9.53 Å². The van der Waals surface area contributed by atoms with Gasteiger partial charge in [0.2, 0.25) is 0 Å². The van der Waals surface area contributed by atoms with E-state index in [-0.39, 0.29) is 5.78 Å². The number of hydrogen-bond acceptors (Lipinski definition) is 3. The van der Waals surface area contributed by atoms with Gasteiger partial charge in [0.15, 0.2) is 5.78 Å². The van der Waals surface area contributed by atoms with Gasteiger partial charge in [-0.1, -0.05) is 30.8 Å². The van der Waals surface area contributed by atoms with Crippen LogP contribution in [-0.4, -0.2) is 18.9 Å². The molecule has 134 valence electrons. The minimum absolute atomic E-state index is 0.0473. The number of ketones is 1. The molecule has 0 spiro atoms. The highest BCUT2D eigenvalue weighted by molar-refractivity contribution is 5.96. The zero-order chi connectivity index (χ0) is 18.8. The first-order valence-corrected chi connectivity index (χ1v) is 8.87. The zero-order valence-electron chi connectivity index (χ0n) is 15.9. The highest BCUT2D eigenvalue weighted by Gasteiger charge is 2.24. The number of fused-ring (bicyclic) bond motifs is 1. The molecule has 1 aliphatic rings. The molecule has 3 rings (SSSR count). The number of benzene rings is 2. The molecule has 0 aromatic heterocycles. The Hall–Kier alpha value is -2.81. The first kappa shape index (κ1) is 18.0. The van der Waals surface area contributed by atoms with Gasteiger partial charge in [-0.25, -0.2) is 0 Å². The molecule has 0 atom stereocenters. The molecule has 0 N–H and O–H groups in total. The monoisotopic (exact) mass is 347 g/mol. The number of carbonyl (C=O) groups excluding carboxylic acids is 1. The predicted molar refractivity (Wildman–Crippen MR) is 108 cm³/mol. The lowest BCUT2D eigenvalue weighted by Crippen LogP contribution is -2.33. The van der Waals surface area contributed by atoms with Crippen LogP contribution < -0.4 is 9.64 Å². The van der Waals surface area contributed by atoms with E-state index in [0.29, 0.717) is 12.2 Å². The molecule has 2 aromatic rings. The van der Waals surface area contributed by atoms with Crippen molar-refractivity contribution in [1.29, 1.82) is 0 Å². The van der Waals surface area contributed by atoms with Crippen molar-refractivity contribution in [2.45, 2.75) is 27.7 Å². The third-order valence-corrected chi connectivity index (χ3v) is 4.86. The Morgan fingerprint density at radius 1 is 1.15 bits per heavy atom. The predicted octanol–water partition coefficient (Wildman–Crippen LogP) is 5.32. The van der Waals surface area contributed by atoms with Crippen LogP contribution in [-0.2, 0) is 0 Å². The quantitative estimate of drug-likeness (QED) is 0.553. The van der Waals surface area contributed by atoms with Crippen molar-refractivity contribution in [2.24, 2.45) is 0 Å². The Balaban J connectivity index is 1.98. The molecular formula is C23H25NO2. The maximum Gasteiger partial charge on any atom is 0.159 e. The van der Waals surface area contributed by atoms with E-state index >= 15 is 0 Å². The summed E-state index contributed by atoms with van der Waals surface area (Å²) in [6.07, 6.45) is 2.17. The van der Waals surface area contributed by atoms with Crippen LogP contribution in [0.3, 0.4) is 0 Å². The van der Waals surface area contributed by atoms with Crippen LogP contribution in [0.5, 0.6) is 5.75 Å². The second kappa shape index (κ2) is 7.20. The van der Waals surface area contributed by atoms with E-state index in [1.165, 1.54) is 11.1 Å². The Bertz CT molecular complexity index is 908. The highest BCUT2D eigenvalue weighted by Crippen LogP contribution is 2.39. The fourth-order valence-corrected chi connectivity index (χ4v) is 3.31. The number of aryl methyl sites for hydroxylation is 2.